The third-order valence-corrected chi connectivity index (χ3v) is 5.35. The number of aryl methyl sites for hydroxylation is 1. The highest BCUT2D eigenvalue weighted by Crippen LogP contribution is 2.26. The summed E-state index contributed by atoms with van der Waals surface area (Å²) in [6.45, 7) is 2.13. The number of H-pyrrole nitrogens is 1. The molecule has 0 saturated heterocycles. The Balaban J connectivity index is 1.60. The molecule has 0 saturated carbocycles. The van der Waals surface area contributed by atoms with Crippen LogP contribution in [0, 0.1) is 6.92 Å². The molecule has 4 rings (SSSR count). The Morgan fingerprint density at radius 1 is 1.35 bits per heavy atom. The zero-order valence-electron chi connectivity index (χ0n) is 13.9. The van der Waals surface area contributed by atoms with Crippen LogP contribution in [0.2, 0.25) is 0 Å². The highest BCUT2D eigenvalue weighted by molar-refractivity contribution is 7.20. The van der Waals surface area contributed by atoms with E-state index in [1.165, 1.54) is 17.7 Å². The van der Waals surface area contributed by atoms with Gasteiger partial charge in [-0.15, -0.1) is 11.3 Å². The van der Waals surface area contributed by atoms with E-state index < -0.39 is 0 Å². The van der Waals surface area contributed by atoms with Crippen LogP contribution in [0.5, 0.6) is 0 Å². The molecular weight excluding hydrogens is 350 g/mol. The lowest BCUT2D eigenvalue weighted by Crippen LogP contribution is -2.23. The second kappa shape index (κ2) is 6.57. The van der Waals surface area contributed by atoms with Crippen molar-refractivity contribution in [2.45, 2.75) is 13.5 Å². The number of nitrogens with zero attached hydrogens (tertiary/aromatic N) is 3. The standard InChI is InChI=1S/C18H15N5O2S/c1-11-14-16(24)21-9-22-18(14)26-15(11)17(25)20-8-12-4-2-3-5-13(12)23-7-6-19-10-23/h2-7,9-10H,8H2,1H3,(H,20,25)(H,21,22,24). The van der Waals surface area contributed by atoms with Gasteiger partial charge in [-0.25, -0.2) is 9.97 Å². The summed E-state index contributed by atoms with van der Waals surface area (Å²) in [6, 6.07) is 7.79. The Labute approximate surface area is 152 Å². The molecule has 1 amide bonds. The Bertz CT molecular complexity index is 1140. The van der Waals surface area contributed by atoms with Gasteiger partial charge in [0, 0.05) is 18.9 Å². The molecule has 1 aromatic carbocycles. The maximum Gasteiger partial charge on any atom is 0.261 e. The van der Waals surface area contributed by atoms with Crippen molar-refractivity contribution in [1.29, 1.82) is 0 Å². The lowest BCUT2D eigenvalue weighted by molar-refractivity contribution is 0.0954. The first-order valence-electron chi connectivity index (χ1n) is 7.96. The molecule has 4 aromatic rings. The van der Waals surface area contributed by atoms with Crippen molar-refractivity contribution in [1.82, 2.24) is 24.8 Å². The van der Waals surface area contributed by atoms with Crippen LogP contribution in [-0.2, 0) is 6.54 Å². The van der Waals surface area contributed by atoms with Gasteiger partial charge in [0.05, 0.1) is 28.6 Å². The van der Waals surface area contributed by atoms with Crippen molar-refractivity contribution < 1.29 is 4.79 Å². The van der Waals surface area contributed by atoms with Crippen molar-refractivity contribution in [3.8, 4) is 5.69 Å². The number of hydrogen-bond donors (Lipinski definition) is 2. The number of thiophene rings is 1. The van der Waals surface area contributed by atoms with E-state index >= 15 is 0 Å². The Morgan fingerprint density at radius 3 is 2.96 bits per heavy atom. The molecule has 0 atom stereocenters. The van der Waals surface area contributed by atoms with Gasteiger partial charge in [-0.3, -0.25) is 9.59 Å². The van der Waals surface area contributed by atoms with E-state index in [4.69, 9.17) is 0 Å². The first kappa shape index (κ1) is 16.2. The number of fused-ring (bicyclic) bond motifs is 1. The summed E-state index contributed by atoms with van der Waals surface area (Å²) < 4.78 is 1.90. The molecule has 0 unspecified atom stereocenters. The monoisotopic (exact) mass is 365 g/mol. The number of aromatic amines is 1. The zero-order chi connectivity index (χ0) is 18.1. The number of hydrogen-bond acceptors (Lipinski definition) is 5. The lowest BCUT2D eigenvalue weighted by atomic mass is 10.1. The van der Waals surface area contributed by atoms with Gasteiger partial charge in [0.25, 0.3) is 11.5 Å². The van der Waals surface area contributed by atoms with Crippen molar-refractivity contribution >= 4 is 27.5 Å². The number of benzene rings is 1. The normalized spacial score (nSPS) is 11.0. The van der Waals surface area contributed by atoms with E-state index in [-0.39, 0.29) is 11.5 Å². The first-order chi connectivity index (χ1) is 12.6. The van der Waals surface area contributed by atoms with E-state index in [1.807, 2.05) is 35.0 Å². The van der Waals surface area contributed by atoms with E-state index in [9.17, 15) is 9.59 Å². The van der Waals surface area contributed by atoms with E-state index in [0.29, 0.717) is 27.2 Å². The van der Waals surface area contributed by atoms with Gasteiger partial charge in [-0.1, -0.05) is 18.2 Å². The molecule has 0 aliphatic rings. The Hall–Kier alpha value is -3.26. The fraction of sp³-hybridized carbons (Fsp3) is 0.111. The van der Waals surface area contributed by atoms with Crippen LogP contribution in [0.3, 0.4) is 0 Å². The molecule has 0 aliphatic heterocycles. The Morgan fingerprint density at radius 2 is 2.19 bits per heavy atom. The number of carbonyl (C=O) groups excluding carboxylic acids is 1. The molecule has 130 valence electrons. The van der Waals surface area contributed by atoms with Gasteiger partial charge in [-0.05, 0) is 24.1 Å². The van der Waals surface area contributed by atoms with Crippen LogP contribution >= 0.6 is 11.3 Å². The quantitative estimate of drug-likeness (QED) is 0.581. The van der Waals surface area contributed by atoms with Crippen molar-refractivity contribution in [2.24, 2.45) is 0 Å². The highest BCUT2D eigenvalue weighted by Gasteiger charge is 2.18. The zero-order valence-corrected chi connectivity index (χ0v) is 14.7. The smallest absolute Gasteiger partial charge is 0.261 e. The van der Waals surface area contributed by atoms with Crippen LogP contribution in [-0.4, -0.2) is 25.4 Å². The third-order valence-electron chi connectivity index (χ3n) is 4.15. The SMILES string of the molecule is Cc1c(C(=O)NCc2ccccc2-n2ccnc2)sc2nc[nH]c(=O)c12. The molecule has 0 radical (unpaired) electrons. The molecule has 0 fully saturated rings. The topological polar surface area (TPSA) is 92.7 Å². The molecule has 7 nitrogen and oxygen atoms in total. The molecule has 3 aromatic heterocycles. The van der Waals surface area contributed by atoms with Gasteiger partial charge in [0.1, 0.15) is 4.83 Å². The number of imidazole rings is 1. The van der Waals surface area contributed by atoms with Crippen LogP contribution < -0.4 is 10.9 Å². The van der Waals surface area contributed by atoms with Crippen LogP contribution in [0.4, 0.5) is 0 Å². The number of nitrogens with one attached hydrogen (secondary N) is 2. The summed E-state index contributed by atoms with van der Waals surface area (Å²) in [7, 11) is 0. The average molecular weight is 365 g/mol. The minimum absolute atomic E-state index is 0.217. The van der Waals surface area contributed by atoms with E-state index in [2.05, 4.69) is 20.3 Å². The van der Waals surface area contributed by atoms with E-state index in [0.717, 1.165) is 11.3 Å². The van der Waals surface area contributed by atoms with Crippen LogP contribution in [0.15, 0.2) is 54.1 Å². The average Bonchev–Trinajstić information content (AvgIpc) is 3.29. The number of para-hydroxylation sites is 1. The molecule has 3 heterocycles. The van der Waals surface area contributed by atoms with Crippen molar-refractivity contribution in [3.05, 3.63) is 75.7 Å². The first-order valence-corrected chi connectivity index (χ1v) is 8.78. The number of aromatic nitrogens is 4. The molecule has 0 bridgehead atoms. The fourth-order valence-electron chi connectivity index (χ4n) is 2.86. The fourth-order valence-corrected chi connectivity index (χ4v) is 3.93. The summed E-state index contributed by atoms with van der Waals surface area (Å²) in [5.41, 5.74) is 2.35. The number of carbonyl (C=O) groups is 1. The number of amides is 1. The largest absolute Gasteiger partial charge is 0.347 e. The number of rotatable bonds is 4. The van der Waals surface area contributed by atoms with Gasteiger partial charge < -0.3 is 14.9 Å². The van der Waals surface area contributed by atoms with Crippen LogP contribution in [0.25, 0.3) is 15.9 Å². The maximum absolute atomic E-state index is 12.7. The predicted octanol–water partition coefficient (Wildman–Crippen LogP) is 2.41. The minimum atomic E-state index is -0.228. The summed E-state index contributed by atoms with van der Waals surface area (Å²) >= 11 is 1.22. The van der Waals surface area contributed by atoms with Gasteiger partial charge in [0.15, 0.2) is 0 Å². The lowest BCUT2D eigenvalue weighted by Gasteiger charge is -2.11. The van der Waals surface area contributed by atoms with Gasteiger partial charge in [-0.2, -0.15) is 0 Å². The van der Waals surface area contributed by atoms with Gasteiger partial charge >= 0.3 is 0 Å². The second-order valence-corrected chi connectivity index (χ2v) is 6.75. The third kappa shape index (κ3) is 2.80. The molecule has 0 spiro atoms. The maximum atomic E-state index is 12.7. The summed E-state index contributed by atoms with van der Waals surface area (Å²) in [5, 5.41) is 3.41. The van der Waals surface area contributed by atoms with Crippen LogP contribution in [0.1, 0.15) is 20.8 Å². The molecular formula is C18H15N5O2S. The van der Waals surface area contributed by atoms with Crippen molar-refractivity contribution in [3.63, 3.8) is 0 Å². The summed E-state index contributed by atoms with van der Waals surface area (Å²) in [6.07, 6.45) is 6.63. The Kier molecular flexibility index (Phi) is 4.10. The molecule has 0 aliphatic carbocycles. The van der Waals surface area contributed by atoms with E-state index in [1.54, 1.807) is 19.4 Å². The predicted molar refractivity (Wildman–Crippen MR) is 99.7 cm³/mol. The highest BCUT2D eigenvalue weighted by atomic mass is 32.1. The molecule has 8 heteroatoms. The molecule has 2 N–H and O–H groups in total. The summed E-state index contributed by atoms with van der Waals surface area (Å²) in [4.78, 5) is 36.4. The second-order valence-electron chi connectivity index (χ2n) is 5.75. The van der Waals surface area contributed by atoms with Crippen molar-refractivity contribution in [2.75, 3.05) is 0 Å². The minimum Gasteiger partial charge on any atom is -0.347 e. The van der Waals surface area contributed by atoms with Gasteiger partial charge in [0.2, 0.25) is 0 Å². The summed E-state index contributed by atoms with van der Waals surface area (Å²) in [5.74, 6) is -0.217. The molecule has 26 heavy (non-hydrogen) atoms.